The van der Waals surface area contributed by atoms with Crippen LogP contribution in [0.4, 0.5) is 0 Å². The van der Waals surface area contributed by atoms with Crippen LogP contribution in [0.1, 0.15) is 25.3 Å². The molecule has 1 aromatic heterocycles. The summed E-state index contributed by atoms with van der Waals surface area (Å²) in [5.41, 5.74) is 0.993. The van der Waals surface area contributed by atoms with Crippen LogP contribution in [0.15, 0.2) is 24.5 Å². The van der Waals surface area contributed by atoms with E-state index in [-0.39, 0.29) is 11.3 Å². The van der Waals surface area contributed by atoms with E-state index in [4.69, 9.17) is 0 Å². The molecule has 4 nitrogen and oxygen atoms in total. The van der Waals surface area contributed by atoms with Gasteiger partial charge in [0.25, 0.3) is 0 Å². The molecule has 4 heteroatoms. The van der Waals surface area contributed by atoms with Gasteiger partial charge in [-0.05, 0) is 50.4 Å². The van der Waals surface area contributed by atoms with Crippen LogP contribution in [-0.2, 0) is 11.2 Å². The molecule has 1 saturated heterocycles. The van der Waals surface area contributed by atoms with Gasteiger partial charge in [0.15, 0.2) is 0 Å². The van der Waals surface area contributed by atoms with Crippen molar-refractivity contribution in [2.45, 2.75) is 26.2 Å². The lowest BCUT2D eigenvalue weighted by Crippen LogP contribution is -2.49. The van der Waals surface area contributed by atoms with Crippen molar-refractivity contribution >= 4 is 5.91 Å². The van der Waals surface area contributed by atoms with Crippen molar-refractivity contribution in [3.63, 3.8) is 0 Å². The molecule has 1 aromatic rings. The molecule has 0 saturated carbocycles. The van der Waals surface area contributed by atoms with E-state index in [0.717, 1.165) is 38.9 Å². The average Bonchev–Trinajstić information content (AvgIpc) is 2.46. The zero-order valence-corrected chi connectivity index (χ0v) is 11.9. The topological polar surface area (TPSA) is 45.2 Å². The molecule has 0 aliphatic carbocycles. The van der Waals surface area contributed by atoms with Crippen molar-refractivity contribution in [3.05, 3.63) is 30.1 Å². The number of nitrogens with one attached hydrogen (secondary N) is 1. The highest BCUT2D eigenvalue weighted by Crippen LogP contribution is 2.27. The molecular formula is C15H23N3O. The van der Waals surface area contributed by atoms with Gasteiger partial charge < -0.3 is 10.2 Å². The third-order valence-corrected chi connectivity index (χ3v) is 3.95. The van der Waals surface area contributed by atoms with Crippen molar-refractivity contribution in [2.75, 3.05) is 26.7 Å². The number of pyridine rings is 1. The first-order chi connectivity index (χ1) is 9.12. The molecule has 2 rings (SSSR count). The highest BCUT2D eigenvalue weighted by molar-refractivity contribution is 5.82. The Hall–Kier alpha value is -1.42. The number of nitrogens with zero attached hydrogens (tertiary/aromatic N) is 2. The zero-order chi connectivity index (χ0) is 13.7. The fourth-order valence-corrected chi connectivity index (χ4v) is 2.65. The summed E-state index contributed by atoms with van der Waals surface area (Å²) >= 11 is 0. The quantitative estimate of drug-likeness (QED) is 0.893. The zero-order valence-electron chi connectivity index (χ0n) is 11.9. The van der Waals surface area contributed by atoms with E-state index in [1.807, 2.05) is 24.1 Å². The maximum Gasteiger partial charge on any atom is 0.229 e. The van der Waals surface area contributed by atoms with Crippen LogP contribution in [0.3, 0.4) is 0 Å². The maximum atomic E-state index is 12.5. The van der Waals surface area contributed by atoms with Crippen molar-refractivity contribution in [3.8, 4) is 0 Å². The Bertz CT molecular complexity index is 413. The lowest BCUT2D eigenvalue weighted by molar-refractivity contribution is -0.140. The van der Waals surface area contributed by atoms with Crippen LogP contribution >= 0.6 is 0 Å². The van der Waals surface area contributed by atoms with E-state index in [9.17, 15) is 4.79 Å². The molecule has 1 aliphatic heterocycles. The molecule has 1 N–H and O–H groups in total. The number of aromatic nitrogens is 1. The third kappa shape index (κ3) is 3.53. The van der Waals surface area contributed by atoms with Gasteiger partial charge in [-0.2, -0.15) is 0 Å². The minimum atomic E-state index is -0.231. The second kappa shape index (κ2) is 6.15. The summed E-state index contributed by atoms with van der Waals surface area (Å²) in [5.74, 6) is 0.258. The number of likely N-dealkylation sites (N-methyl/N-ethyl adjacent to an activating group) is 1. The largest absolute Gasteiger partial charge is 0.345 e. The van der Waals surface area contributed by atoms with Crippen LogP contribution in [-0.4, -0.2) is 42.5 Å². The molecule has 1 aliphatic rings. The van der Waals surface area contributed by atoms with Crippen molar-refractivity contribution in [1.29, 1.82) is 0 Å². The minimum Gasteiger partial charge on any atom is -0.345 e. The molecule has 1 atom stereocenters. The summed E-state index contributed by atoms with van der Waals surface area (Å²) in [7, 11) is 1.91. The Kier molecular flexibility index (Phi) is 4.53. The number of piperidine rings is 1. The van der Waals surface area contributed by atoms with Crippen LogP contribution in [0.2, 0.25) is 0 Å². The Morgan fingerprint density at radius 3 is 2.84 bits per heavy atom. The minimum absolute atomic E-state index is 0.231. The number of amides is 1. The summed E-state index contributed by atoms with van der Waals surface area (Å²) in [6.45, 7) is 4.66. The first-order valence-electron chi connectivity index (χ1n) is 6.97. The number of hydrogen-bond acceptors (Lipinski definition) is 3. The van der Waals surface area contributed by atoms with Gasteiger partial charge in [-0.15, -0.1) is 0 Å². The number of rotatable bonds is 4. The average molecular weight is 261 g/mol. The molecule has 2 heterocycles. The predicted molar refractivity (Wildman–Crippen MR) is 75.8 cm³/mol. The van der Waals surface area contributed by atoms with Crippen LogP contribution in [0.5, 0.6) is 0 Å². The van der Waals surface area contributed by atoms with Gasteiger partial charge in [0, 0.05) is 32.5 Å². The predicted octanol–water partition coefficient (Wildman–Crippen LogP) is 1.47. The fraction of sp³-hybridized carbons (Fsp3) is 0.600. The van der Waals surface area contributed by atoms with E-state index < -0.39 is 0 Å². The molecule has 19 heavy (non-hydrogen) atoms. The van der Waals surface area contributed by atoms with Crippen LogP contribution in [0, 0.1) is 5.41 Å². The van der Waals surface area contributed by atoms with Gasteiger partial charge in [-0.3, -0.25) is 9.78 Å². The van der Waals surface area contributed by atoms with Gasteiger partial charge in [0.2, 0.25) is 5.91 Å². The number of hydrogen-bond donors (Lipinski definition) is 1. The highest BCUT2D eigenvalue weighted by Gasteiger charge is 2.36. The van der Waals surface area contributed by atoms with Gasteiger partial charge in [-0.1, -0.05) is 0 Å². The van der Waals surface area contributed by atoms with Crippen molar-refractivity contribution in [1.82, 2.24) is 15.2 Å². The standard InChI is InChI=1S/C15H23N3O/c1-15(7-3-8-17-12-15)14(19)18(2)11-6-13-4-9-16-10-5-13/h4-5,9-10,17H,3,6-8,11-12H2,1-2H3. The Morgan fingerprint density at radius 1 is 1.47 bits per heavy atom. The van der Waals surface area contributed by atoms with Crippen LogP contribution in [0.25, 0.3) is 0 Å². The second-order valence-corrected chi connectivity index (χ2v) is 5.67. The highest BCUT2D eigenvalue weighted by atomic mass is 16.2. The Morgan fingerprint density at radius 2 is 2.21 bits per heavy atom. The molecule has 0 spiro atoms. The van der Waals surface area contributed by atoms with E-state index in [2.05, 4.69) is 17.2 Å². The van der Waals surface area contributed by atoms with E-state index in [1.54, 1.807) is 12.4 Å². The molecule has 0 radical (unpaired) electrons. The van der Waals surface area contributed by atoms with Gasteiger partial charge in [-0.25, -0.2) is 0 Å². The van der Waals surface area contributed by atoms with E-state index >= 15 is 0 Å². The number of carbonyl (C=O) groups excluding carboxylic acids is 1. The first kappa shape index (κ1) is 14.0. The second-order valence-electron chi connectivity index (χ2n) is 5.67. The SMILES string of the molecule is CN(CCc1ccncc1)C(=O)C1(C)CCCNC1. The smallest absolute Gasteiger partial charge is 0.229 e. The monoisotopic (exact) mass is 261 g/mol. The van der Waals surface area contributed by atoms with Gasteiger partial charge in [0.1, 0.15) is 0 Å². The lowest BCUT2D eigenvalue weighted by Gasteiger charge is -2.36. The first-order valence-corrected chi connectivity index (χ1v) is 6.97. The van der Waals surface area contributed by atoms with Gasteiger partial charge >= 0.3 is 0 Å². The number of carbonyl (C=O) groups is 1. The Labute approximate surface area is 115 Å². The molecule has 0 aromatic carbocycles. The Balaban J connectivity index is 1.88. The van der Waals surface area contributed by atoms with Crippen molar-refractivity contribution in [2.24, 2.45) is 5.41 Å². The third-order valence-electron chi connectivity index (χ3n) is 3.95. The molecule has 1 fully saturated rings. The summed E-state index contributed by atoms with van der Waals surface area (Å²) < 4.78 is 0. The van der Waals surface area contributed by atoms with E-state index in [1.165, 1.54) is 5.56 Å². The van der Waals surface area contributed by atoms with Crippen molar-refractivity contribution < 1.29 is 4.79 Å². The molecular weight excluding hydrogens is 238 g/mol. The normalized spacial score (nSPS) is 23.1. The molecule has 1 unspecified atom stereocenters. The van der Waals surface area contributed by atoms with Gasteiger partial charge in [0.05, 0.1) is 5.41 Å². The summed E-state index contributed by atoms with van der Waals surface area (Å²) in [4.78, 5) is 18.4. The molecule has 1 amide bonds. The fourth-order valence-electron chi connectivity index (χ4n) is 2.65. The summed E-state index contributed by atoms with van der Waals surface area (Å²) in [6, 6.07) is 4.00. The summed E-state index contributed by atoms with van der Waals surface area (Å²) in [5, 5.41) is 3.33. The molecule has 104 valence electrons. The lowest BCUT2D eigenvalue weighted by atomic mass is 9.81. The maximum absolute atomic E-state index is 12.5. The summed E-state index contributed by atoms with van der Waals surface area (Å²) in [6.07, 6.45) is 6.54. The molecule has 0 bridgehead atoms. The van der Waals surface area contributed by atoms with E-state index in [0.29, 0.717) is 0 Å². The van der Waals surface area contributed by atoms with Crippen LogP contribution < -0.4 is 5.32 Å².